The average molecular weight is 299 g/mol. The minimum Gasteiger partial charge on any atom is -0.380 e. The standard InChI is InChI=1S/C15H22N2O2.ClH/c1-19-10-12-6-3-2-5-11(12)9-17-15(18)13-7-4-8-14(13)16;/h2-3,5-6,13-14H,4,7-10,16H2,1H3,(H,17,18);1H. The molecule has 112 valence electrons. The summed E-state index contributed by atoms with van der Waals surface area (Å²) in [4.78, 5) is 12.1. The van der Waals surface area contributed by atoms with Gasteiger partial charge in [-0.15, -0.1) is 12.4 Å². The molecule has 0 aliphatic heterocycles. The molecular formula is C15H23ClN2O2. The van der Waals surface area contributed by atoms with Gasteiger partial charge >= 0.3 is 0 Å². The maximum Gasteiger partial charge on any atom is 0.224 e. The van der Waals surface area contributed by atoms with Gasteiger partial charge in [0, 0.05) is 19.7 Å². The van der Waals surface area contributed by atoms with Gasteiger partial charge in [-0.25, -0.2) is 0 Å². The van der Waals surface area contributed by atoms with E-state index in [1.165, 1.54) is 0 Å². The summed E-state index contributed by atoms with van der Waals surface area (Å²) in [5, 5.41) is 3.00. The lowest BCUT2D eigenvalue weighted by atomic mass is 10.0. The number of hydrogen-bond donors (Lipinski definition) is 2. The Morgan fingerprint density at radius 2 is 2.05 bits per heavy atom. The summed E-state index contributed by atoms with van der Waals surface area (Å²) >= 11 is 0. The number of carbonyl (C=O) groups excluding carboxylic acids is 1. The van der Waals surface area contributed by atoms with Crippen molar-refractivity contribution in [3.63, 3.8) is 0 Å². The van der Waals surface area contributed by atoms with Gasteiger partial charge in [-0.05, 0) is 24.0 Å². The molecule has 20 heavy (non-hydrogen) atoms. The third-order valence-electron chi connectivity index (χ3n) is 3.78. The topological polar surface area (TPSA) is 64.3 Å². The molecule has 4 nitrogen and oxygen atoms in total. The van der Waals surface area contributed by atoms with Crippen molar-refractivity contribution >= 4 is 18.3 Å². The van der Waals surface area contributed by atoms with Crippen molar-refractivity contribution in [3.05, 3.63) is 35.4 Å². The zero-order valence-electron chi connectivity index (χ0n) is 11.8. The van der Waals surface area contributed by atoms with Crippen LogP contribution in [0.1, 0.15) is 30.4 Å². The Hall–Kier alpha value is -1.10. The molecule has 2 atom stereocenters. The predicted molar refractivity (Wildman–Crippen MR) is 81.6 cm³/mol. The zero-order chi connectivity index (χ0) is 13.7. The summed E-state index contributed by atoms with van der Waals surface area (Å²) in [5.74, 6) is 0.0619. The molecule has 1 aliphatic rings. The van der Waals surface area contributed by atoms with E-state index in [1.807, 2.05) is 24.3 Å². The molecule has 1 amide bonds. The average Bonchev–Trinajstić information content (AvgIpc) is 2.84. The first kappa shape index (κ1) is 17.0. The SMILES string of the molecule is COCc1ccccc1CNC(=O)C1CCCC1N.Cl. The van der Waals surface area contributed by atoms with E-state index in [2.05, 4.69) is 5.32 Å². The third kappa shape index (κ3) is 4.20. The van der Waals surface area contributed by atoms with Crippen LogP contribution in [0.5, 0.6) is 0 Å². The highest BCUT2D eigenvalue weighted by Crippen LogP contribution is 2.24. The van der Waals surface area contributed by atoms with Gasteiger partial charge in [0.15, 0.2) is 0 Å². The minimum atomic E-state index is -0.0189. The van der Waals surface area contributed by atoms with Crippen molar-refractivity contribution in [2.24, 2.45) is 11.7 Å². The number of nitrogens with two attached hydrogens (primary N) is 1. The van der Waals surface area contributed by atoms with Crippen LogP contribution in [0, 0.1) is 5.92 Å². The van der Waals surface area contributed by atoms with Gasteiger partial charge in [0.1, 0.15) is 0 Å². The Bertz CT molecular complexity index is 440. The van der Waals surface area contributed by atoms with Gasteiger partial charge in [-0.2, -0.15) is 0 Å². The molecule has 0 bridgehead atoms. The van der Waals surface area contributed by atoms with E-state index in [9.17, 15) is 4.79 Å². The second kappa shape index (κ2) is 8.25. The van der Waals surface area contributed by atoms with Crippen LogP contribution in [0.2, 0.25) is 0 Å². The highest BCUT2D eigenvalue weighted by atomic mass is 35.5. The third-order valence-corrected chi connectivity index (χ3v) is 3.78. The van der Waals surface area contributed by atoms with E-state index in [0.717, 1.165) is 30.4 Å². The molecule has 1 aromatic rings. The van der Waals surface area contributed by atoms with E-state index in [-0.39, 0.29) is 30.3 Å². The monoisotopic (exact) mass is 298 g/mol. The van der Waals surface area contributed by atoms with Crippen LogP contribution in [0.15, 0.2) is 24.3 Å². The lowest BCUT2D eigenvalue weighted by Gasteiger charge is -2.16. The van der Waals surface area contributed by atoms with E-state index >= 15 is 0 Å². The molecule has 0 radical (unpaired) electrons. The lowest BCUT2D eigenvalue weighted by Crippen LogP contribution is -2.38. The van der Waals surface area contributed by atoms with Crippen LogP contribution >= 0.6 is 12.4 Å². The van der Waals surface area contributed by atoms with Gasteiger partial charge in [0.2, 0.25) is 5.91 Å². The van der Waals surface area contributed by atoms with Gasteiger partial charge in [0.25, 0.3) is 0 Å². The fraction of sp³-hybridized carbons (Fsp3) is 0.533. The molecule has 0 aromatic heterocycles. The van der Waals surface area contributed by atoms with Crippen molar-refractivity contribution < 1.29 is 9.53 Å². The molecule has 1 aliphatic carbocycles. The Kier molecular flexibility index (Phi) is 6.99. The fourth-order valence-corrected chi connectivity index (χ4v) is 2.65. The van der Waals surface area contributed by atoms with E-state index < -0.39 is 0 Å². The number of carbonyl (C=O) groups is 1. The number of methoxy groups -OCH3 is 1. The van der Waals surface area contributed by atoms with Crippen LogP contribution in [-0.2, 0) is 22.7 Å². The van der Waals surface area contributed by atoms with Crippen molar-refractivity contribution in [1.82, 2.24) is 5.32 Å². The van der Waals surface area contributed by atoms with Crippen molar-refractivity contribution in [2.45, 2.75) is 38.5 Å². The van der Waals surface area contributed by atoms with Crippen LogP contribution < -0.4 is 11.1 Å². The summed E-state index contributed by atoms with van der Waals surface area (Å²) in [6.07, 6.45) is 2.92. The first-order valence-electron chi connectivity index (χ1n) is 6.81. The highest BCUT2D eigenvalue weighted by Gasteiger charge is 2.29. The number of rotatable bonds is 5. The van der Waals surface area contributed by atoms with Crippen molar-refractivity contribution in [3.8, 4) is 0 Å². The molecule has 1 fully saturated rings. The number of ether oxygens (including phenoxy) is 1. The Balaban J connectivity index is 0.00000200. The molecule has 5 heteroatoms. The van der Waals surface area contributed by atoms with Crippen LogP contribution in [0.25, 0.3) is 0 Å². The first-order chi connectivity index (χ1) is 9.22. The van der Waals surface area contributed by atoms with Gasteiger partial charge < -0.3 is 15.8 Å². The summed E-state index contributed by atoms with van der Waals surface area (Å²) in [6, 6.07) is 8.01. The number of amides is 1. The van der Waals surface area contributed by atoms with E-state index in [4.69, 9.17) is 10.5 Å². The first-order valence-corrected chi connectivity index (χ1v) is 6.81. The molecular weight excluding hydrogens is 276 g/mol. The minimum absolute atomic E-state index is 0. The van der Waals surface area contributed by atoms with E-state index in [1.54, 1.807) is 7.11 Å². The second-order valence-electron chi connectivity index (χ2n) is 5.12. The van der Waals surface area contributed by atoms with Crippen molar-refractivity contribution in [1.29, 1.82) is 0 Å². The van der Waals surface area contributed by atoms with Crippen molar-refractivity contribution in [2.75, 3.05) is 7.11 Å². The quantitative estimate of drug-likeness (QED) is 0.874. The van der Waals surface area contributed by atoms with Gasteiger partial charge in [-0.1, -0.05) is 30.7 Å². The van der Waals surface area contributed by atoms with Crippen LogP contribution in [-0.4, -0.2) is 19.1 Å². The second-order valence-corrected chi connectivity index (χ2v) is 5.12. The molecule has 0 spiro atoms. The Morgan fingerprint density at radius 3 is 2.65 bits per heavy atom. The molecule has 0 heterocycles. The van der Waals surface area contributed by atoms with Gasteiger partial charge in [-0.3, -0.25) is 4.79 Å². The van der Waals surface area contributed by atoms with E-state index in [0.29, 0.717) is 13.2 Å². The smallest absolute Gasteiger partial charge is 0.224 e. The molecule has 2 unspecified atom stereocenters. The number of halogens is 1. The molecule has 2 rings (SSSR count). The van der Waals surface area contributed by atoms with Crippen LogP contribution in [0.3, 0.4) is 0 Å². The number of hydrogen-bond acceptors (Lipinski definition) is 3. The zero-order valence-corrected chi connectivity index (χ0v) is 12.6. The molecule has 3 N–H and O–H groups in total. The molecule has 1 saturated carbocycles. The predicted octanol–water partition coefficient (Wildman–Crippen LogP) is 2.00. The maximum atomic E-state index is 12.1. The summed E-state index contributed by atoms with van der Waals surface area (Å²) in [6.45, 7) is 1.11. The van der Waals surface area contributed by atoms with Gasteiger partial charge in [0.05, 0.1) is 12.5 Å². The summed E-state index contributed by atoms with van der Waals surface area (Å²) in [7, 11) is 1.67. The Morgan fingerprint density at radius 1 is 1.35 bits per heavy atom. The summed E-state index contributed by atoms with van der Waals surface area (Å²) < 4.78 is 5.16. The number of benzene rings is 1. The molecule has 0 saturated heterocycles. The Labute approximate surface area is 126 Å². The van der Waals surface area contributed by atoms with Crippen LogP contribution in [0.4, 0.5) is 0 Å². The normalized spacial score (nSPS) is 21.3. The summed E-state index contributed by atoms with van der Waals surface area (Å²) in [5.41, 5.74) is 8.16. The highest BCUT2D eigenvalue weighted by molar-refractivity contribution is 5.85. The maximum absolute atomic E-state index is 12.1. The number of nitrogens with one attached hydrogen (secondary N) is 1. The fourth-order valence-electron chi connectivity index (χ4n) is 2.65. The lowest BCUT2D eigenvalue weighted by molar-refractivity contribution is -0.125. The molecule has 1 aromatic carbocycles. The largest absolute Gasteiger partial charge is 0.380 e.